The number of hydrogen-bond donors (Lipinski definition) is 0. The highest BCUT2D eigenvalue weighted by atomic mass is 16.6. The summed E-state index contributed by atoms with van der Waals surface area (Å²) in [7, 11) is 0. The van der Waals surface area contributed by atoms with Gasteiger partial charge in [0, 0.05) is 32.3 Å². The van der Waals surface area contributed by atoms with Crippen molar-refractivity contribution in [2.75, 3.05) is 31.1 Å². The van der Waals surface area contributed by atoms with E-state index in [9.17, 15) is 14.9 Å². The summed E-state index contributed by atoms with van der Waals surface area (Å²) in [5.74, 6) is 0. The van der Waals surface area contributed by atoms with E-state index >= 15 is 0 Å². The number of carbonyl (C=O) groups is 1. The van der Waals surface area contributed by atoms with Gasteiger partial charge < -0.3 is 19.3 Å². The molecule has 1 aromatic rings. The lowest BCUT2D eigenvalue weighted by Gasteiger charge is -2.41. The molecule has 158 valence electrons. The molecule has 1 unspecified atom stereocenters. The fraction of sp³-hybridized carbons (Fsp3) is 0.700. The second-order valence-corrected chi connectivity index (χ2v) is 8.56. The van der Waals surface area contributed by atoms with Gasteiger partial charge in [0.1, 0.15) is 17.2 Å². The van der Waals surface area contributed by atoms with E-state index in [0.717, 1.165) is 12.8 Å². The van der Waals surface area contributed by atoms with Crippen LogP contribution in [0.2, 0.25) is 0 Å². The van der Waals surface area contributed by atoms with Crippen molar-refractivity contribution in [1.29, 1.82) is 5.26 Å². The average Bonchev–Trinajstić information content (AvgIpc) is 2.67. The molecule has 0 radical (unpaired) electrons. The summed E-state index contributed by atoms with van der Waals surface area (Å²) in [6.07, 6.45) is 3.44. The second-order valence-electron chi connectivity index (χ2n) is 8.56. The quantitative estimate of drug-likeness (QED) is 0.746. The molecule has 2 saturated heterocycles. The maximum atomic E-state index is 12.9. The fourth-order valence-electron chi connectivity index (χ4n) is 3.71. The van der Waals surface area contributed by atoms with E-state index in [2.05, 4.69) is 11.2 Å². The van der Waals surface area contributed by atoms with Gasteiger partial charge in [-0.1, -0.05) is 0 Å². The molecule has 3 heterocycles. The van der Waals surface area contributed by atoms with Crippen molar-refractivity contribution in [1.82, 2.24) is 14.7 Å². The number of amides is 1. The van der Waals surface area contributed by atoms with Crippen molar-refractivity contribution in [3.05, 3.63) is 22.1 Å². The molecule has 0 saturated carbocycles. The third kappa shape index (κ3) is 4.70. The Balaban J connectivity index is 1.79. The van der Waals surface area contributed by atoms with Crippen LogP contribution in [0.1, 0.15) is 58.7 Å². The monoisotopic (exact) mass is 403 g/mol. The third-order valence-electron chi connectivity index (χ3n) is 5.11. The summed E-state index contributed by atoms with van der Waals surface area (Å²) in [4.78, 5) is 28.9. The minimum absolute atomic E-state index is 0.0618. The summed E-state index contributed by atoms with van der Waals surface area (Å²) >= 11 is 0. The molecule has 0 spiro atoms. The van der Waals surface area contributed by atoms with E-state index in [1.54, 1.807) is 11.1 Å². The number of nitriles is 1. The van der Waals surface area contributed by atoms with Crippen LogP contribution in [0.4, 0.5) is 10.5 Å². The Morgan fingerprint density at radius 2 is 2.10 bits per heavy atom. The summed E-state index contributed by atoms with van der Waals surface area (Å²) in [5.41, 5.74) is -0.424. The van der Waals surface area contributed by atoms with Gasteiger partial charge >= 0.3 is 6.09 Å². The molecule has 0 aliphatic carbocycles. The summed E-state index contributed by atoms with van der Waals surface area (Å²) in [5, 5.41) is 14.0. The van der Waals surface area contributed by atoms with Crippen molar-refractivity contribution < 1.29 is 14.3 Å². The molecule has 9 nitrogen and oxygen atoms in total. The van der Waals surface area contributed by atoms with Gasteiger partial charge in [-0.25, -0.2) is 4.79 Å². The fourth-order valence-corrected chi connectivity index (χ4v) is 3.71. The van der Waals surface area contributed by atoms with Gasteiger partial charge in [-0.15, -0.1) is 0 Å². The minimum Gasteiger partial charge on any atom is -0.444 e. The molecular formula is C20H29N5O4. The largest absolute Gasteiger partial charge is 0.444 e. The number of aromatic nitrogens is 2. The van der Waals surface area contributed by atoms with Crippen LogP contribution in [0, 0.1) is 11.3 Å². The molecule has 1 amide bonds. The number of rotatable bonds is 2. The predicted molar refractivity (Wildman–Crippen MR) is 107 cm³/mol. The van der Waals surface area contributed by atoms with Crippen LogP contribution in [0.3, 0.4) is 0 Å². The van der Waals surface area contributed by atoms with Gasteiger partial charge in [-0.05, 0) is 47.0 Å². The molecule has 0 N–H and O–H groups in total. The first-order chi connectivity index (χ1) is 13.7. The third-order valence-corrected chi connectivity index (χ3v) is 5.11. The van der Waals surface area contributed by atoms with E-state index in [-0.39, 0.29) is 17.7 Å². The Kier molecular flexibility index (Phi) is 6.13. The lowest BCUT2D eigenvalue weighted by atomic mass is 10.1. The molecule has 2 fully saturated rings. The first-order valence-electron chi connectivity index (χ1n) is 10.1. The maximum Gasteiger partial charge on any atom is 0.410 e. The number of nitrogens with zero attached hydrogens (tertiary/aromatic N) is 5. The van der Waals surface area contributed by atoms with Crippen LogP contribution in [0.25, 0.3) is 0 Å². The normalized spacial score (nSPS) is 22.9. The van der Waals surface area contributed by atoms with E-state index in [0.29, 0.717) is 38.3 Å². The zero-order valence-electron chi connectivity index (χ0n) is 17.6. The molecule has 3 rings (SSSR count). The van der Waals surface area contributed by atoms with Crippen LogP contribution >= 0.6 is 0 Å². The number of hydrogen-bond acceptors (Lipinski definition) is 7. The highest BCUT2D eigenvalue weighted by Crippen LogP contribution is 2.25. The number of carbonyl (C=O) groups excluding carboxylic acids is 1. The molecule has 2 aliphatic heterocycles. The predicted octanol–water partition coefficient (Wildman–Crippen LogP) is 2.26. The number of ether oxygens (including phenoxy) is 2. The van der Waals surface area contributed by atoms with Crippen molar-refractivity contribution >= 4 is 11.8 Å². The molecule has 2 atom stereocenters. The van der Waals surface area contributed by atoms with Crippen molar-refractivity contribution in [3.8, 4) is 6.07 Å². The smallest absolute Gasteiger partial charge is 0.410 e. The zero-order chi connectivity index (χ0) is 21.2. The van der Waals surface area contributed by atoms with Gasteiger partial charge in [0.15, 0.2) is 6.23 Å². The van der Waals surface area contributed by atoms with Crippen LogP contribution < -0.4 is 10.5 Å². The van der Waals surface area contributed by atoms with Gasteiger partial charge in [0.05, 0.1) is 11.9 Å². The Morgan fingerprint density at radius 3 is 2.69 bits per heavy atom. The molecule has 2 aliphatic rings. The van der Waals surface area contributed by atoms with Gasteiger partial charge in [0.2, 0.25) is 0 Å². The molecule has 29 heavy (non-hydrogen) atoms. The van der Waals surface area contributed by atoms with Crippen molar-refractivity contribution in [3.63, 3.8) is 0 Å². The van der Waals surface area contributed by atoms with E-state index in [4.69, 9.17) is 9.47 Å². The molecule has 9 heteroatoms. The molecule has 0 aromatic carbocycles. The minimum atomic E-state index is -0.555. The van der Waals surface area contributed by atoms with Gasteiger partial charge in [0.25, 0.3) is 5.56 Å². The van der Waals surface area contributed by atoms with Crippen LogP contribution in [0.5, 0.6) is 0 Å². The van der Waals surface area contributed by atoms with Crippen LogP contribution in [-0.4, -0.2) is 58.7 Å². The SMILES string of the molecule is C[C@@H]1CN(C(=O)OC(C)(C)C)CCN1c1cnn(C2CCCCO2)c(=O)c1C#N. The number of piperazine rings is 1. The van der Waals surface area contributed by atoms with Crippen LogP contribution in [-0.2, 0) is 9.47 Å². The molecule has 0 bridgehead atoms. The van der Waals surface area contributed by atoms with E-state index < -0.39 is 17.4 Å². The highest BCUT2D eigenvalue weighted by Gasteiger charge is 2.32. The van der Waals surface area contributed by atoms with Gasteiger partial charge in [-0.2, -0.15) is 15.0 Å². The Bertz CT molecular complexity index is 848. The maximum absolute atomic E-state index is 12.9. The van der Waals surface area contributed by atoms with Crippen molar-refractivity contribution in [2.45, 2.75) is 64.8 Å². The topological polar surface area (TPSA) is 101 Å². The Labute approximate surface area is 170 Å². The average molecular weight is 403 g/mol. The van der Waals surface area contributed by atoms with E-state index in [1.807, 2.05) is 32.6 Å². The summed E-state index contributed by atoms with van der Waals surface area (Å²) in [6, 6.07) is 1.96. The summed E-state index contributed by atoms with van der Waals surface area (Å²) < 4.78 is 12.4. The Hall–Kier alpha value is -2.60. The molecular weight excluding hydrogens is 374 g/mol. The van der Waals surface area contributed by atoms with Gasteiger partial charge in [-0.3, -0.25) is 4.79 Å². The molecule has 1 aromatic heterocycles. The first kappa shape index (κ1) is 21.1. The standard InChI is InChI=1S/C20H29N5O4/c1-14-13-23(19(27)29-20(2,3)4)8-9-24(14)16-12-22-25(18(26)15(16)11-21)17-7-5-6-10-28-17/h12,14,17H,5-10,13H2,1-4H3/t14-,17?/m1/s1. The second kappa shape index (κ2) is 8.41. The first-order valence-corrected chi connectivity index (χ1v) is 10.1. The van der Waals surface area contributed by atoms with Crippen LogP contribution in [0.15, 0.2) is 11.0 Å². The van der Waals surface area contributed by atoms with Crippen molar-refractivity contribution in [2.24, 2.45) is 0 Å². The number of anilines is 1. The lowest BCUT2D eigenvalue weighted by Crippen LogP contribution is -2.55. The highest BCUT2D eigenvalue weighted by molar-refractivity contribution is 5.69. The zero-order valence-corrected chi connectivity index (χ0v) is 17.6. The van der Waals surface area contributed by atoms with E-state index in [1.165, 1.54) is 4.68 Å². The summed E-state index contributed by atoms with van der Waals surface area (Å²) in [6.45, 7) is 9.41. The Morgan fingerprint density at radius 1 is 1.34 bits per heavy atom. The lowest BCUT2D eigenvalue weighted by molar-refractivity contribution is -0.0425.